The normalized spacial score (nSPS) is 13.1. The van der Waals surface area contributed by atoms with Crippen molar-refractivity contribution in [1.82, 2.24) is 9.97 Å². The van der Waals surface area contributed by atoms with E-state index in [1.807, 2.05) is 13.0 Å². The van der Waals surface area contributed by atoms with Gasteiger partial charge in [-0.25, -0.2) is 9.97 Å². The molecule has 0 aliphatic rings. The van der Waals surface area contributed by atoms with E-state index in [-0.39, 0.29) is 0 Å². The van der Waals surface area contributed by atoms with Crippen molar-refractivity contribution < 1.29 is 4.21 Å². The Bertz CT molecular complexity index is 529. The van der Waals surface area contributed by atoms with E-state index < -0.39 is 10.8 Å². The van der Waals surface area contributed by atoms with Crippen molar-refractivity contribution in [2.45, 2.75) is 31.0 Å². The van der Waals surface area contributed by atoms with E-state index in [1.54, 1.807) is 0 Å². The van der Waals surface area contributed by atoms with Crippen molar-refractivity contribution in [3.8, 4) is 0 Å². The molecule has 17 heavy (non-hydrogen) atoms. The Balaban J connectivity index is 2.34. The standard InChI is InChI=1S/C11H13BrN2OS2/c1-3-4-5-17(15)11-14-10-9(16-11)6-8(12)7(2)13-10/h6H,3-5H2,1-2H3. The summed E-state index contributed by atoms with van der Waals surface area (Å²) >= 11 is 4.92. The summed E-state index contributed by atoms with van der Waals surface area (Å²) < 4.78 is 14.6. The van der Waals surface area contributed by atoms with Gasteiger partial charge in [0.25, 0.3) is 0 Å². The Labute approximate surface area is 115 Å². The number of halogens is 1. The first-order chi connectivity index (χ1) is 8.11. The lowest BCUT2D eigenvalue weighted by Gasteiger charge is -1.94. The van der Waals surface area contributed by atoms with E-state index in [2.05, 4.69) is 32.8 Å². The van der Waals surface area contributed by atoms with E-state index in [4.69, 9.17) is 0 Å². The molecule has 0 aliphatic carbocycles. The summed E-state index contributed by atoms with van der Waals surface area (Å²) in [7, 11) is -0.977. The molecule has 0 aromatic carbocycles. The molecule has 0 fully saturated rings. The van der Waals surface area contributed by atoms with Gasteiger partial charge in [0.2, 0.25) is 0 Å². The Kier molecular flexibility index (Phi) is 4.27. The van der Waals surface area contributed by atoms with Crippen LogP contribution < -0.4 is 0 Å². The van der Waals surface area contributed by atoms with E-state index in [0.717, 1.165) is 27.7 Å². The first kappa shape index (κ1) is 13.1. The number of nitrogens with zero attached hydrogens (tertiary/aromatic N) is 2. The average Bonchev–Trinajstić information content (AvgIpc) is 2.69. The van der Waals surface area contributed by atoms with E-state index in [9.17, 15) is 4.21 Å². The van der Waals surface area contributed by atoms with Crippen LogP contribution in [0.25, 0.3) is 10.3 Å². The molecule has 2 aromatic heterocycles. The number of hydrogen-bond acceptors (Lipinski definition) is 4. The number of pyridine rings is 1. The fourth-order valence-corrected chi connectivity index (χ4v) is 4.32. The largest absolute Gasteiger partial charge is 0.252 e. The summed E-state index contributed by atoms with van der Waals surface area (Å²) in [5.74, 6) is 0.691. The van der Waals surface area contributed by atoms with Crippen molar-refractivity contribution in [1.29, 1.82) is 0 Å². The third kappa shape index (κ3) is 2.92. The zero-order chi connectivity index (χ0) is 12.4. The topological polar surface area (TPSA) is 42.9 Å². The van der Waals surface area contributed by atoms with Crippen molar-refractivity contribution in [2.75, 3.05) is 5.75 Å². The van der Waals surface area contributed by atoms with Gasteiger partial charge in [-0.15, -0.1) is 11.3 Å². The predicted octanol–water partition coefficient (Wildman–Crippen LogP) is 3.67. The summed E-state index contributed by atoms with van der Waals surface area (Å²) in [5.41, 5.74) is 1.62. The third-order valence-corrected chi connectivity index (χ3v) is 5.91. The Hall–Kier alpha value is -0.330. The van der Waals surface area contributed by atoms with Gasteiger partial charge < -0.3 is 0 Å². The molecule has 0 aliphatic heterocycles. The van der Waals surface area contributed by atoms with E-state index in [0.29, 0.717) is 15.7 Å². The summed E-state index contributed by atoms with van der Waals surface area (Å²) in [6.07, 6.45) is 2.03. The summed E-state index contributed by atoms with van der Waals surface area (Å²) in [5, 5.41) is 0. The predicted molar refractivity (Wildman–Crippen MR) is 76.0 cm³/mol. The van der Waals surface area contributed by atoms with Gasteiger partial charge in [-0.3, -0.25) is 4.21 Å². The quantitative estimate of drug-likeness (QED) is 0.857. The number of hydrogen-bond donors (Lipinski definition) is 0. The molecular weight excluding hydrogens is 320 g/mol. The van der Waals surface area contributed by atoms with Gasteiger partial charge in [0, 0.05) is 10.2 Å². The molecule has 1 atom stereocenters. The molecule has 0 saturated carbocycles. The van der Waals surface area contributed by atoms with Gasteiger partial charge in [-0.1, -0.05) is 13.3 Å². The van der Waals surface area contributed by atoms with Crippen LogP contribution in [-0.4, -0.2) is 19.9 Å². The van der Waals surface area contributed by atoms with Crippen LogP contribution >= 0.6 is 27.3 Å². The minimum atomic E-state index is -0.977. The third-order valence-electron chi connectivity index (χ3n) is 2.37. The van der Waals surface area contributed by atoms with Crippen LogP contribution in [0.5, 0.6) is 0 Å². The maximum absolute atomic E-state index is 12.0. The second-order valence-corrected chi connectivity index (χ2v) is 7.39. The molecule has 92 valence electrons. The fourth-order valence-electron chi connectivity index (χ4n) is 1.37. The molecule has 3 nitrogen and oxygen atoms in total. The molecule has 0 N–H and O–H groups in total. The number of aromatic nitrogens is 2. The molecule has 6 heteroatoms. The monoisotopic (exact) mass is 332 g/mol. The first-order valence-corrected chi connectivity index (χ1v) is 8.36. The molecule has 0 spiro atoms. The number of rotatable bonds is 4. The van der Waals surface area contributed by atoms with Crippen molar-refractivity contribution in [3.05, 3.63) is 16.2 Å². The minimum Gasteiger partial charge on any atom is -0.252 e. The number of fused-ring (bicyclic) bond motifs is 1. The molecule has 0 saturated heterocycles. The smallest absolute Gasteiger partial charge is 0.183 e. The van der Waals surface area contributed by atoms with Crippen molar-refractivity contribution >= 4 is 48.4 Å². The lowest BCUT2D eigenvalue weighted by atomic mass is 10.4. The van der Waals surface area contributed by atoms with Gasteiger partial charge >= 0.3 is 0 Å². The second-order valence-electron chi connectivity index (χ2n) is 3.76. The maximum atomic E-state index is 12.0. The van der Waals surface area contributed by atoms with Gasteiger partial charge in [0.15, 0.2) is 9.99 Å². The van der Waals surface area contributed by atoms with Crippen LogP contribution in [0.4, 0.5) is 0 Å². The zero-order valence-corrected chi connectivity index (χ0v) is 12.9. The fraction of sp³-hybridized carbons (Fsp3) is 0.455. The number of aryl methyl sites for hydroxylation is 1. The van der Waals surface area contributed by atoms with Gasteiger partial charge in [0.05, 0.1) is 21.2 Å². The number of thiazole rings is 1. The SMILES string of the molecule is CCCCS(=O)c1nc2nc(C)c(Br)cc2s1. The molecular formula is C11H13BrN2OS2. The summed E-state index contributed by atoms with van der Waals surface area (Å²) in [6, 6.07) is 2.00. The van der Waals surface area contributed by atoms with Crippen LogP contribution in [0, 0.1) is 6.92 Å². The van der Waals surface area contributed by atoms with Crippen LogP contribution in [0.3, 0.4) is 0 Å². The molecule has 0 amide bonds. The maximum Gasteiger partial charge on any atom is 0.183 e. The Morgan fingerprint density at radius 2 is 2.24 bits per heavy atom. The molecule has 2 aromatic rings. The highest BCUT2D eigenvalue weighted by atomic mass is 79.9. The molecule has 0 radical (unpaired) electrons. The molecule has 2 heterocycles. The first-order valence-electron chi connectivity index (χ1n) is 5.44. The number of unbranched alkanes of at least 4 members (excludes halogenated alkanes) is 1. The van der Waals surface area contributed by atoms with E-state index >= 15 is 0 Å². The Morgan fingerprint density at radius 3 is 2.94 bits per heavy atom. The van der Waals surface area contributed by atoms with Gasteiger partial charge in [-0.05, 0) is 35.3 Å². The average molecular weight is 333 g/mol. The van der Waals surface area contributed by atoms with Crippen LogP contribution in [0.1, 0.15) is 25.5 Å². The highest BCUT2D eigenvalue weighted by Crippen LogP contribution is 2.27. The van der Waals surface area contributed by atoms with Gasteiger partial charge in [0.1, 0.15) is 0 Å². The highest BCUT2D eigenvalue weighted by molar-refractivity contribution is 9.10. The van der Waals surface area contributed by atoms with Gasteiger partial charge in [-0.2, -0.15) is 0 Å². The highest BCUT2D eigenvalue weighted by Gasteiger charge is 2.12. The lowest BCUT2D eigenvalue weighted by molar-refractivity contribution is 0.679. The van der Waals surface area contributed by atoms with Crippen LogP contribution in [0.15, 0.2) is 14.9 Å². The van der Waals surface area contributed by atoms with Crippen molar-refractivity contribution in [3.63, 3.8) is 0 Å². The lowest BCUT2D eigenvalue weighted by Crippen LogP contribution is -1.96. The van der Waals surface area contributed by atoms with Crippen LogP contribution in [0.2, 0.25) is 0 Å². The molecule has 0 bridgehead atoms. The summed E-state index contributed by atoms with van der Waals surface area (Å²) in [6.45, 7) is 4.02. The minimum absolute atomic E-state index is 0.691. The zero-order valence-electron chi connectivity index (χ0n) is 9.70. The summed E-state index contributed by atoms with van der Waals surface area (Å²) in [4.78, 5) is 8.73. The van der Waals surface area contributed by atoms with Crippen LogP contribution in [-0.2, 0) is 10.8 Å². The van der Waals surface area contributed by atoms with E-state index in [1.165, 1.54) is 11.3 Å². The van der Waals surface area contributed by atoms with Crippen molar-refractivity contribution in [2.24, 2.45) is 0 Å². The Morgan fingerprint density at radius 1 is 1.47 bits per heavy atom. The molecule has 2 rings (SSSR count). The molecule has 1 unspecified atom stereocenters. The second kappa shape index (κ2) is 5.54.